The molecule has 0 aliphatic heterocycles. The minimum atomic E-state index is -0.430. The van der Waals surface area contributed by atoms with E-state index in [9.17, 15) is 4.79 Å². The predicted octanol–water partition coefficient (Wildman–Crippen LogP) is 2.71. The van der Waals surface area contributed by atoms with Crippen molar-refractivity contribution in [1.29, 1.82) is 0 Å². The van der Waals surface area contributed by atoms with Gasteiger partial charge >= 0.3 is 0 Å². The van der Waals surface area contributed by atoms with Gasteiger partial charge in [-0.15, -0.1) is 0 Å². The summed E-state index contributed by atoms with van der Waals surface area (Å²) in [6.45, 7) is 5.57. The first-order valence-electron chi connectivity index (χ1n) is 6.29. The Balaban J connectivity index is 2.94. The molecule has 1 aromatic rings. The number of benzene rings is 1. The first-order valence-corrected chi connectivity index (χ1v) is 6.29. The summed E-state index contributed by atoms with van der Waals surface area (Å²) >= 11 is 0. The van der Waals surface area contributed by atoms with Crippen LogP contribution in [-0.2, 0) is 4.79 Å². The number of methoxy groups -OCH3 is 3. The predicted molar refractivity (Wildman–Crippen MR) is 76.1 cm³/mol. The zero-order valence-corrected chi connectivity index (χ0v) is 12.9. The Bertz CT molecular complexity index is 449. The van der Waals surface area contributed by atoms with E-state index in [1.165, 1.54) is 21.3 Å². The van der Waals surface area contributed by atoms with Crippen LogP contribution >= 0.6 is 0 Å². The third-order valence-electron chi connectivity index (χ3n) is 2.84. The summed E-state index contributed by atoms with van der Waals surface area (Å²) in [7, 11) is 4.59. The van der Waals surface area contributed by atoms with Crippen molar-refractivity contribution in [1.82, 2.24) is 0 Å². The average molecular weight is 282 g/mol. The highest BCUT2D eigenvalue weighted by Gasteiger charge is 2.22. The fourth-order valence-electron chi connectivity index (χ4n) is 1.51. The monoisotopic (exact) mass is 282 g/mol. The van der Waals surface area contributed by atoms with E-state index in [0.717, 1.165) is 0 Å². The zero-order chi connectivity index (χ0) is 15.3. The first-order chi connectivity index (χ1) is 9.33. The number of carbonyl (C=O) groups excluding carboxylic acids is 1. The molecule has 1 rings (SSSR count). The molecule has 0 bridgehead atoms. The van der Waals surface area contributed by atoms with Crippen molar-refractivity contribution in [3.8, 4) is 23.0 Å². The number of carbonyl (C=O) groups is 1. The van der Waals surface area contributed by atoms with Crippen LogP contribution < -0.4 is 18.9 Å². The third kappa shape index (κ3) is 3.79. The Morgan fingerprint density at radius 2 is 1.50 bits per heavy atom. The lowest BCUT2D eigenvalue weighted by Crippen LogP contribution is -2.26. The highest BCUT2D eigenvalue weighted by molar-refractivity contribution is 5.85. The lowest BCUT2D eigenvalue weighted by molar-refractivity contribution is -0.128. The van der Waals surface area contributed by atoms with E-state index in [1.807, 2.05) is 20.8 Å². The van der Waals surface area contributed by atoms with Crippen LogP contribution in [0.4, 0.5) is 0 Å². The Morgan fingerprint density at radius 3 is 1.85 bits per heavy atom. The lowest BCUT2D eigenvalue weighted by atomic mass is 9.91. The molecule has 0 unspecified atom stereocenters. The number of hydrogen-bond donors (Lipinski definition) is 0. The standard InChI is InChI=1S/C15H22O5/c1-15(2,3)13(16)9-20-10-7-11(17-4)14(19-6)12(8-10)18-5/h7-8H,9H2,1-6H3. The van der Waals surface area contributed by atoms with Crippen LogP contribution in [0.3, 0.4) is 0 Å². The summed E-state index contributed by atoms with van der Waals surface area (Å²) in [4.78, 5) is 11.9. The van der Waals surface area contributed by atoms with E-state index < -0.39 is 5.41 Å². The van der Waals surface area contributed by atoms with Crippen molar-refractivity contribution in [2.75, 3.05) is 27.9 Å². The first kappa shape index (κ1) is 16.1. The number of hydrogen-bond acceptors (Lipinski definition) is 5. The van der Waals surface area contributed by atoms with Gasteiger partial charge in [0.05, 0.1) is 21.3 Å². The maximum Gasteiger partial charge on any atom is 0.203 e. The number of rotatable bonds is 6. The highest BCUT2D eigenvalue weighted by atomic mass is 16.5. The van der Waals surface area contributed by atoms with Crippen LogP contribution in [0.15, 0.2) is 12.1 Å². The van der Waals surface area contributed by atoms with Gasteiger partial charge in [-0.3, -0.25) is 4.79 Å². The molecule has 0 spiro atoms. The van der Waals surface area contributed by atoms with E-state index in [2.05, 4.69) is 0 Å². The van der Waals surface area contributed by atoms with Crippen molar-refractivity contribution >= 4 is 5.78 Å². The second kappa shape index (κ2) is 6.50. The van der Waals surface area contributed by atoms with Crippen molar-refractivity contribution in [2.45, 2.75) is 20.8 Å². The van der Waals surface area contributed by atoms with Crippen LogP contribution in [0, 0.1) is 5.41 Å². The smallest absolute Gasteiger partial charge is 0.203 e. The zero-order valence-electron chi connectivity index (χ0n) is 12.9. The SMILES string of the molecule is COc1cc(OCC(=O)C(C)(C)C)cc(OC)c1OC. The Labute approximate surface area is 119 Å². The molecule has 0 aliphatic carbocycles. The van der Waals surface area contributed by atoms with E-state index in [4.69, 9.17) is 18.9 Å². The molecule has 0 saturated heterocycles. The third-order valence-corrected chi connectivity index (χ3v) is 2.84. The lowest BCUT2D eigenvalue weighted by Gasteiger charge is -2.18. The quantitative estimate of drug-likeness (QED) is 0.803. The van der Waals surface area contributed by atoms with E-state index >= 15 is 0 Å². The average Bonchev–Trinajstić information content (AvgIpc) is 2.42. The Morgan fingerprint density at radius 1 is 1.00 bits per heavy atom. The molecular formula is C15H22O5. The van der Waals surface area contributed by atoms with Crippen LogP contribution in [0.5, 0.6) is 23.0 Å². The molecule has 0 atom stereocenters. The topological polar surface area (TPSA) is 54.0 Å². The van der Waals surface area contributed by atoms with Gasteiger partial charge in [-0.25, -0.2) is 0 Å². The molecule has 20 heavy (non-hydrogen) atoms. The number of ether oxygens (including phenoxy) is 4. The summed E-state index contributed by atoms with van der Waals surface area (Å²) < 4.78 is 21.2. The maximum atomic E-state index is 11.9. The van der Waals surface area contributed by atoms with Gasteiger partial charge in [-0.1, -0.05) is 20.8 Å². The second-order valence-electron chi connectivity index (χ2n) is 5.32. The van der Waals surface area contributed by atoms with Crippen molar-refractivity contribution in [2.24, 2.45) is 5.41 Å². The van der Waals surface area contributed by atoms with Gasteiger partial charge in [-0.2, -0.15) is 0 Å². The molecule has 1 aromatic carbocycles. The highest BCUT2D eigenvalue weighted by Crippen LogP contribution is 2.40. The van der Waals surface area contributed by atoms with Gasteiger partial charge in [-0.05, 0) is 0 Å². The van der Waals surface area contributed by atoms with Gasteiger partial charge in [0.1, 0.15) is 12.4 Å². The molecule has 0 amide bonds. The molecule has 0 N–H and O–H groups in total. The fourth-order valence-corrected chi connectivity index (χ4v) is 1.51. The van der Waals surface area contributed by atoms with Gasteiger partial charge in [0.15, 0.2) is 17.3 Å². The number of ketones is 1. The molecule has 5 heteroatoms. The summed E-state index contributed by atoms with van der Waals surface area (Å²) in [5.41, 5.74) is -0.430. The van der Waals surface area contributed by atoms with Gasteiger partial charge < -0.3 is 18.9 Å². The number of Topliss-reactive ketones (excluding diaryl/α,β-unsaturated/α-hetero) is 1. The molecule has 0 saturated carbocycles. The minimum absolute atomic E-state index is 0.00212. The molecule has 0 aliphatic rings. The molecule has 112 valence electrons. The van der Waals surface area contributed by atoms with E-state index in [1.54, 1.807) is 12.1 Å². The van der Waals surface area contributed by atoms with Gasteiger partial charge in [0.25, 0.3) is 0 Å². The summed E-state index contributed by atoms with van der Waals surface area (Å²) in [5.74, 6) is 1.99. The Kier molecular flexibility index (Phi) is 5.25. The van der Waals surface area contributed by atoms with Crippen LogP contribution in [0.25, 0.3) is 0 Å². The van der Waals surface area contributed by atoms with Crippen LogP contribution in [0.2, 0.25) is 0 Å². The summed E-state index contributed by atoms with van der Waals surface area (Å²) in [5, 5.41) is 0. The Hall–Kier alpha value is -1.91. The summed E-state index contributed by atoms with van der Waals surface area (Å²) in [6.07, 6.45) is 0. The second-order valence-corrected chi connectivity index (χ2v) is 5.32. The van der Waals surface area contributed by atoms with Crippen molar-refractivity contribution in [3.05, 3.63) is 12.1 Å². The van der Waals surface area contributed by atoms with E-state index in [-0.39, 0.29) is 12.4 Å². The normalized spacial score (nSPS) is 10.9. The van der Waals surface area contributed by atoms with Crippen molar-refractivity contribution < 1.29 is 23.7 Å². The molecule has 5 nitrogen and oxygen atoms in total. The van der Waals surface area contributed by atoms with Crippen molar-refractivity contribution in [3.63, 3.8) is 0 Å². The fraction of sp³-hybridized carbons (Fsp3) is 0.533. The minimum Gasteiger partial charge on any atom is -0.493 e. The maximum absolute atomic E-state index is 11.9. The summed E-state index contributed by atoms with van der Waals surface area (Å²) in [6, 6.07) is 3.33. The van der Waals surface area contributed by atoms with Gasteiger partial charge in [0, 0.05) is 17.5 Å². The molecule has 0 fully saturated rings. The molecule has 0 radical (unpaired) electrons. The van der Waals surface area contributed by atoms with Crippen LogP contribution in [-0.4, -0.2) is 33.7 Å². The van der Waals surface area contributed by atoms with E-state index in [0.29, 0.717) is 23.0 Å². The van der Waals surface area contributed by atoms with Gasteiger partial charge in [0.2, 0.25) is 5.75 Å². The van der Waals surface area contributed by atoms with Crippen LogP contribution in [0.1, 0.15) is 20.8 Å². The largest absolute Gasteiger partial charge is 0.493 e. The molecular weight excluding hydrogens is 260 g/mol. The molecule has 0 heterocycles. The molecule has 0 aromatic heterocycles.